The smallest absolute Gasteiger partial charge is 0.211 e. The van der Waals surface area contributed by atoms with E-state index in [0.717, 1.165) is 19.3 Å². The zero-order valence-corrected chi connectivity index (χ0v) is 9.41. The molecule has 0 aromatic heterocycles. The van der Waals surface area contributed by atoms with Gasteiger partial charge in [0.15, 0.2) is 0 Å². The molecule has 2 unspecified atom stereocenters. The van der Waals surface area contributed by atoms with Gasteiger partial charge in [0.05, 0.1) is 11.6 Å². The first kappa shape index (κ1) is 11.8. The fraction of sp³-hybridized carbons (Fsp3) is 0.818. The molecular weight excluding hydrogens is 192 g/mol. The quantitative estimate of drug-likeness (QED) is 0.514. The Morgan fingerprint density at radius 3 is 2.40 bits per heavy atom. The van der Waals surface area contributed by atoms with E-state index in [1.807, 2.05) is 20.8 Å². The zero-order chi connectivity index (χ0) is 11.5. The van der Waals surface area contributed by atoms with Gasteiger partial charge < -0.3 is 0 Å². The molecule has 1 fully saturated rings. The molecule has 0 heterocycles. The van der Waals surface area contributed by atoms with Gasteiger partial charge in [0.2, 0.25) is 12.2 Å². The van der Waals surface area contributed by atoms with E-state index < -0.39 is 5.54 Å². The maximum Gasteiger partial charge on any atom is 0.235 e. The summed E-state index contributed by atoms with van der Waals surface area (Å²) in [7, 11) is 0. The molecule has 0 N–H and O–H groups in total. The van der Waals surface area contributed by atoms with Crippen LogP contribution in [0.25, 0.3) is 0 Å². The Labute approximate surface area is 89.5 Å². The van der Waals surface area contributed by atoms with Crippen LogP contribution in [-0.2, 0) is 9.59 Å². The first-order chi connectivity index (χ1) is 6.98. The molecule has 0 amide bonds. The summed E-state index contributed by atoms with van der Waals surface area (Å²) < 4.78 is 0. The van der Waals surface area contributed by atoms with Crippen molar-refractivity contribution in [1.29, 1.82) is 0 Å². The predicted octanol–water partition coefficient (Wildman–Crippen LogP) is 2.00. The van der Waals surface area contributed by atoms with Gasteiger partial charge in [0, 0.05) is 5.41 Å². The predicted molar refractivity (Wildman–Crippen MR) is 56.1 cm³/mol. The van der Waals surface area contributed by atoms with E-state index in [4.69, 9.17) is 0 Å². The van der Waals surface area contributed by atoms with Gasteiger partial charge in [-0.3, -0.25) is 0 Å². The van der Waals surface area contributed by atoms with Gasteiger partial charge >= 0.3 is 0 Å². The van der Waals surface area contributed by atoms with Gasteiger partial charge in [-0.1, -0.05) is 13.8 Å². The molecule has 0 radical (unpaired) electrons. The number of hydrogen-bond acceptors (Lipinski definition) is 4. The van der Waals surface area contributed by atoms with Crippen molar-refractivity contribution in [3.8, 4) is 0 Å². The normalized spacial score (nSPS) is 33.7. The van der Waals surface area contributed by atoms with Crippen LogP contribution in [-0.4, -0.2) is 23.7 Å². The molecule has 1 saturated carbocycles. The summed E-state index contributed by atoms with van der Waals surface area (Å²) in [6.07, 6.45) is 5.84. The molecule has 4 heteroatoms. The fourth-order valence-corrected chi connectivity index (χ4v) is 2.27. The summed E-state index contributed by atoms with van der Waals surface area (Å²) in [5.74, 6) is 0. The van der Waals surface area contributed by atoms with Crippen molar-refractivity contribution >= 4 is 12.2 Å². The van der Waals surface area contributed by atoms with Crippen molar-refractivity contribution in [3.05, 3.63) is 0 Å². The largest absolute Gasteiger partial charge is 0.235 e. The molecule has 0 saturated heterocycles. The highest BCUT2D eigenvalue weighted by Crippen LogP contribution is 2.47. The van der Waals surface area contributed by atoms with E-state index >= 15 is 0 Å². The number of carbonyl (C=O) groups excluding carboxylic acids is 2. The lowest BCUT2D eigenvalue weighted by Crippen LogP contribution is -2.50. The van der Waals surface area contributed by atoms with E-state index in [1.165, 1.54) is 0 Å². The SMILES string of the molecule is CC1(N=C=O)CCCC(N=C=O)C1(C)C. The third-order valence-corrected chi connectivity index (χ3v) is 3.86. The molecule has 1 aliphatic rings. The molecule has 0 spiro atoms. The monoisotopic (exact) mass is 208 g/mol. The minimum atomic E-state index is -0.474. The van der Waals surface area contributed by atoms with Crippen molar-refractivity contribution in [2.75, 3.05) is 0 Å². The minimum Gasteiger partial charge on any atom is -0.211 e. The third-order valence-electron chi connectivity index (χ3n) is 3.86. The first-order valence-electron chi connectivity index (χ1n) is 5.14. The van der Waals surface area contributed by atoms with Gasteiger partial charge in [0.25, 0.3) is 0 Å². The Kier molecular flexibility index (Phi) is 3.23. The summed E-state index contributed by atoms with van der Waals surface area (Å²) in [6.45, 7) is 5.89. The first-order valence-corrected chi connectivity index (χ1v) is 5.14. The van der Waals surface area contributed by atoms with E-state index in [0.29, 0.717) is 0 Å². The second-order valence-corrected chi connectivity index (χ2v) is 4.83. The van der Waals surface area contributed by atoms with Crippen LogP contribution in [0.5, 0.6) is 0 Å². The average Bonchev–Trinajstić information content (AvgIpc) is 2.15. The standard InChI is InChI=1S/C11H16N2O2/c1-10(2)9(12-7-14)5-4-6-11(10,3)13-8-15/h9H,4-6H2,1-3H3. The molecule has 0 bridgehead atoms. The van der Waals surface area contributed by atoms with Gasteiger partial charge in [-0.25, -0.2) is 14.6 Å². The van der Waals surface area contributed by atoms with Gasteiger partial charge in [-0.15, -0.1) is 0 Å². The van der Waals surface area contributed by atoms with Crippen LogP contribution in [0.15, 0.2) is 9.98 Å². The molecule has 0 aromatic rings. The maximum absolute atomic E-state index is 10.4. The molecule has 82 valence electrons. The molecule has 15 heavy (non-hydrogen) atoms. The summed E-state index contributed by atoms with van der Waals surface area (Å²) >= 11 is 0. The van der Waals surface area contributed by atoms with E-state index in [-0.39, 0.29) is 11.5 Å². The van der Waals surface area contributed by atoms with Crippen molar-refractivity contribution in [2.24, 2.45) is 15.4 Å². The molecule has 1 aliphatic carbocycles. The lowest BCUT2D eigenvalue weighted by atomic mass is 9.62. The summed E-state index contributed by atoms with van der Waals surface area (Å²) in [4.78, 5) is 28.5. The van der Waals surface area contributed by atoms with Crippen molar-refractivity contribution in [2.45, 2.75) is 51.6 Å². The number of hydrogen-bond donors (Lipinski definition) is 0. The lowest BCUT2D eigenvalue weighted by molar-refractivity contribution is 0.0924. The molecular formula is C11H16N2O2. The molecule has 4 nitrogen and oxygen atoms in total. The second-order valence-electron chi connectivity index (χ2n) is 4.83. The molecule has 1 rings (SSSR count). The maximum atomic E-state index is 10.4. The molecule has 0 aliphatic heterocycles. The van der Waals surface area contributed by atoms with Gasteiger partial charge in [-0.2, -0.15) is 4.99 Å². The van der Waals surface area contributed by atoms with Crippen LogP contribution in [0.3, 0.4) is 0 Å². The van der Waals surface area contributed by atoms with Crippen LogP contribution in [0, 0.1) is 5.41 Å². The Morgan fingerprint density at radius 2 is 1.87 bits per heavy atom. The highest BCUT2D eigenvalue weighted by Gasteiger charge is 2.49. The van der Waals surface area contributed by atoms with Crippen LogP contribution >= 0.6 is 0 Å². The van der Waals surface area contributed by atoms with Crippen LogP contribution in [0.4, 0.5) is 0 Å². The van der Waals surface area contributed by atoms with Crippen LogP contribution in [0.2, 0.25) is 0 Å². The van der Waals surface area contributed by atoms with Crippen molar-refractivity contribution in [3.63, 3.8) is 0 Å². The fourth-order valence-electron chi connectivity index (χ4n) is 2.27. The molecule has 2 atom stereocenters. The summed E-state index contributed by atoms with van der Waals surface area (Å²) in [6, 6.07) is -0.106. The average molecular weight is 208 g/mol. The third kappa shape index (κ3) is 1.92. The second kappa shape index (κ2) is 4.09. The lowest BCUT2D eigenvalue weighted by Gasteiger charge is -2.47. The van der Waals surface area contributed by atoms with E-state index in [2.05, 4.69) is 9.98 Å². The Bertz CT molecular complexity index is 338. The topological polar surface area (TPSA) is 58.9 Å². The van der Waals surface area contributed by atoms with Gasteiger partial charge in [-0.05, 0) is 26.2 Å². The van der Waals surface area contributed by atoms with Crippen molar-refractivity contribution in [1.82, 2.24) is 0 Å². The zero-order valence-electron chi connectivity index (χ0n) is 9.41. The number of nitrogens with zero attached hydrogens (tertiary/aromatic N) is 2. The Morgan fingerprint density at radius 1 is 1.20 bits per heavy atom. The number of rotatable bonds is 2. The number of isocyanates is 2. The minimum absolute atomic E-state index is 0.106. The van der Waals surface area contributed by atoms with Gasteiger partial charge in [0.1, 0.15) is 0 Å². The Hall–Kier alpha value is -1.24. The highest BCUT2D eigenvalue weighted by molar-refractivity contribution is 5.37. The Balaban J connectivity index is 3.10. The molecule has 0 aromatic carbocycles. The highest BCUT2D eigenvalue weighted by atomic mass is 16.1. The van der Waals surface area contributed by atoms with E-state index in [9.17, 15) is 9.59 Å². The van der Waals surface area contributed by atoms with Crippen molar-refractivity contribution < 1.29 is 9.59 Å². The summed E-state index contributed by atoms with van der Waals surface area (Å²) in [5, 5.41) is 0. The van der Waals surface area contributed by atoms with Crippen LogP contribution < -0.4 is 0 Å². The van der Waals surface area contributed by atoms with E-state index in [1.54, 1.807) is 12.2 Å². The van der Waals surface area contributed by atoms with Crippen LogP contribution in [0.1, 0.15) is 40.0 Å². The number of aliphatic imine (C=N–C) groups is 2. The summed E-state index contributed by atoms with van der Waals surface area (Å²) in [5.41, 5.74) is -0.780.